The summed E-state index contributed by atoms with van der Waals surface area (Å²) in [7, 11) is -1.87. The molecule has 0 spiro atoms. The zero-order chi connectivity index (χ0) is 22.1. The molecular weight excluding hydrogens is 404 g/mol. The van der Waals surface area contributed by atoms with Gasteiger partial charge in [0.1, 0.15) is 6.61 Å². The number of amides is 1. The van der Waals surface area contributed by atoms with Gasteiger partial charge in [0.15, 0.2) is 11.5 Å². The lowest BCUT2D eigenvalue weighted by Gasteiger charge is -2.24. The summed E-state index contributed by atoms with van der Waals surface area (Å²) in [5.41, 5.74) is 2.60. The molecule has 0 bridgehead atoms. The Hall–Kier alpha value is -2.74. The number of carbonyl (C=O) groups is 1. The molecule has 2 aromatic rings. The first-order chi connectivity index (χ1) is 14.2. The zero-order valence-corrected chi connectivity index (χ0v) is 18.8. The van der Waals surface area contributed by atoms with E-state index < -0.39 is 10.0 Å². The monoisotopic (exact) mass is 434 g/mol. The van der Waals surface area contributed by atoms with E-state index in [-0.39, 0.29) is 18.9 Å². The second kappa shape index (κ2) is 10.9. The van der Waals surface area contributed by atoms with Gasteiger partial charge in [-0.25, -0.2) is 8.42 Å². The van der Waals surface area contributed by atoms with Crippen LogP contribution in [0.4, 0.5) is 5.69 Å². The van der Waals surface area contributed by atoms with Crippen LogP contribution in [0.2, 0.25) is 0 Å². The van der Waals surface area contributed by atoms with Gasteiger partial charge in [-0.15, -0.1) is 0 Å². The van der Waals surface area contributed by atoms with Crippen LogP contribution in [-0.2, 0) is 14.8 Å². The Balaban J connectivity index is 1.81. The third kappa shape index (κ3) is 6.66. The maximum atomic E-state index is 12.3. The van der Waals surface area contributed by atoms with Gasteiger partial charge in [0.05, 0.1) is 25.6 Å². The van der Waals surface area contributed by atoms with Crippen LogP contribution in [-0.4, -0.2) is 47.4 Å². The molecule has 0 unspecified atom stereocenters. The highest BCUT2D eigenvalue weighted by molar-refractivity contribution is 7.92. The molecule has 7 nitrogen and oxygen atoms in total. The molecule has 0 saturated heterocycles. The number of para-hydroxylation sites is 2. The van der Waals surface area contributed by atoms with Crippen molar-refractivity contribution in [3.05, 3.63) is 53.6 Å². The lowest BCUT2D eigenvalue weighted by atomic mass is 10.1. The van der Waals surface area contributed by atoms with Crippen molar-refractivity contribution >= 4 is 21.6 Å². The van der Waals surface area contributed by atoms with Crippen LogP contribution in [0.1, 0.15) is 24.0 Å². The predicted molar refractivity (Wildman–Crippen MR) is 119 cm³/mol. The van der Waals surface area contributed by atoms with Crippen LogP contribution in [0, 0.1) is 13.8 Å². The number of anilines is 1. The predicted octanol–water partition coefficient (Wildman–Crippen LogP) is 3.05. The Labute approximate surface area is 179 Å². The summed E-state index contributed by atoms with van der Waals surface area (Å²) in [6, 6.07) is 12.9. The number of nitrogens with one attached hydrogen (secondary N) is 1. The average molecular weight is 435 g/mol. The van der Waals surface area contributed by atoms with Gasteiger partial charge in [0.25, 0.3) is 0 Å². The highest BCUT2D eigenvalue weighted by Gasteiger charge is 2.19. The minimum Gasteiger partial charge on any atom is -0.493 e. The molecule has 1 amide bonds. The van der Waals surface area contributed by atoms with Crippen molar-refractivity contribution in [1.82, 2.24) is 5.32 Å². The summed E-state index contributed by atoms with van der Waals surface area (Å²) in [5, 5.41) is 2.79. The third-order valence-corrected chi connectivity index (χ3v) is 5.94. The van der Waals surface area contributed by atoms with E-state index in [1.165, 1.54) is 10.6 Å². The van der Waals surface area contributed by atoms with Gasteiger partial charge in [-0.3, -0.25) is 9.10 Å². The average Bonchev–Trinajstić information content (AvgIpc) is 2.70. The van der Waals surface area contributed by atoms with E-state index >= 15 is 0 Å². The zero-order valence-electron chi connectivity index (χ0n) is 18.0. The molecule has 0 atom stereocenters. The van der Waals surface area contributed by atoms with Gasteiger partial charge in [-0.1, -0.05) is 24.3 Å². The van der Waals surface area contributed by atoms with Gasteiger partial charge < -0.3 is 14.8 Å². The number of benzene rings is 2. The molecule has 2 aromatic carbocycles. The minimum absolute atomic E-state index is 0.145. The maximum Gasteiger partial charge on any atom is 0.232 e. The second-order valence-electron chi connectivity index (χ2n) is 7.01. The molecule has 0 radical (unpaired) electrons. The summed E-state index contributed by atoms with van der Waals surface area (Å²) in [6.07, 6.45) is 1.83. The SMILES string of the molecule is COc1ccccc1OCCNC(=O)CCCN(c1cccc(C)c1C)S(C)(=O)=O. The minimum atomic E-state index is -3.44. The van der Waals surface area contributed by atoms with E-state index in [1.54, 1.807) is 25.3 Å². The molecule has 0 saturated carbocycles. The van der Waals surface area contributed by atoms with Crippen LogP contribution in [0.3, 0.4) is 0 Å². The van der Waals surface area contributed by atoms with Gasteiger partial charge in [-0.2, -0.15) is 0 Å². The Bertz CT molecular complexity index is 960. The Morgan fingerprint density at radius 2 is 1.77 bits per heavy atom. The number of hydrogen-bond acceptors (Lipinski definition) is 5. The van der Waals surface area contributed by atoms with Gasteiger partial charge >= 0.3 is 0 Å². The first-order valence-corrected chi connectivity index (χ1v) is 11.7. The van der Waals surface area contributed by atoms with Crippen molar-refractivity contribution < 1.29 is 22.7 Å². The van der Waals surface area contributed by atoms with E-state index in [4.69, 9.17) is 9.47 Å². The summed E-state index contributed by atoms with van der Waals surface area (Å²) in [4.78, 5) is 12.1. The molecule has 0 heterocycles. The largest absolute Gasteiger partial charge is 0.493 e. The summed E-state index contributed by atoms with van der Waals surface area (Å²) >= 11 is 0. The van der Waals surface area contributed by atoms with Crippen LogP contribution >= 0.6 is 0 Å². The van der Waals surface area contributed by atoms with Crippen molar-refractivity contribution in [2.75, 3.05) is 37.4 Å². The molecule has 164 valence electrons. The number of ether oxygens (including phenoxy) is 2. The number of carbonyl (C=O) groups excluding carboxylic acids is 1. The summed E-state index contributed by atoms with van der Waals surface area (Å²) in [5.74, 6) is 1.11. The number of methoxy groups -OCH3 is 1. The number of rotatable bonds is 11. The Morgan fingerprint density at radius 1 is 1.07 bits per heavy atom. The van der Waals surface area contributed by atoms with Crippen LogP contribution in [0.15, 0.2) is 42.5 Å². The van der Waals surface area contributed by atoms with Crippen molar-refractivity contribution in [3.8, 4) is 11.5 Å². The van der Waals surface area contributed by atoms with Crippen molar-refractivity contribution in [2.24, 2.45) is 0 Å². The van der Waals surface area contributed by atoms with Crippen molar-refractivity contribution in [3.63, 3.8) is 0 Å². The number of aryl methyl sites for hydroxylation is 1. The number of sulfonamides is 1. The van der Waals surface area contributed by atoms with Gasteiger partial charge in [0, 0.05) is 13.0 Å². The topological polar surface area (TPSA) is 84.9 Å². The lowest BCUT2D eigenvalue weighted by Crippen LogP contribution is -2.33. The fourth-order valence-electron chi connectivity index (χ4n) is 3.03. The third-order valence-electron chi connectivity index (χ3n) is 4.76. The van der Waals surface area contributed by atoms with E-state index in [2.05, 4.69) is 5.32 Å². The highest BCUT2D eigenvalue weighted by atomic mass is 32.2. The molecule has 8 heteroatoms. The number of nitrogens with zero attached hydrogens (tertiary/aromatic N) is 1. The van der Waals surface area contributed by atoms with E-state index in [0.29, 0.717) is 36.8 Å². The number of hydrogen-bond donors (Lipinski definition) is 1. The highest BCUT2D eigenvalue weighted by Crippen LogP contribution is 2.26. The van der Waals surface area contributed by atoms with Crippen molar-refractivity contribution in [2.45, 2.75) is 26.7 Å². The lowest BCUT2D eigenvalue weighted by molar-refractivity contribution is -0.121. The quantitative estimate of drug-likeness (QED) is 0.550. The molecule has 0 aliphatic carbocycles. The molecule has 0 aliphatic rings. The standard InChI is InChI=1S/C22H30N2O5S/c1-17-9-7-10-19(18(17)2)24(30(4,26)27)15-8-13-22(25)23-14-16-29-21-12-6-5-11-20(21)28-3/h5-7,9-12H,8,13-16H2,1-4H3,(H,23,25). The van der Waals surface area contributed by atoms with Crippen LogP contribution in [0.5, 0.6) is 11.5 Å². The molecular formula is C22H30N2O5S. The summed E-state index contributed by atoms with van der Waals surface area (Å²) < 4.78 is 36.7. The Kier molecular flexibility index (Phi) is 8.53. The van der Waals surface area contributed by atoms with E-state index in [1.807, 2.05) is 38.1 Å². The molecule has 0 aliphatic heterocycles. The van der Waals surface area contributed by atoms with E-state index in [9.17, 15) is 13.2 Å². The van der Waals surface area contributed by atoms with Crippen LogP contribution < -0.4 is 19.1 Å². The summed E-state index contributed by atoms with van der Waals surface area (Å²) in [6.45, 7) is 4.75. The normalized spacial score (nSPS) is 11.1. The van der Waals surface area contributed by atoms with E-state index in [0.717, 1.165) is 11.1 Å². The van der Waals surface area contributed by atoms with Crippen LogP contribution in [0.25, 0.3) is 0 Å². The molecule has 0 aromatic heterocycles. The van der Waals surface area contributed by atoms with Gasteiger partial charge in [-0.05, 0) is 49.6 Å². The Morgan fingerprint density at radius 3 is 2.43 bits per heavy atom. The first kappa shape index (κ1) is 23.5. The smallest absolute Gasteiger partial charge is 0.232 e. The van der Waals surface area contributed by atoms with Gasteiger partial charge in [0.2, 0.25) is 15.9 Å². The maximum absolute atomic E-state index is 12.3. The molecule has 1 N–H and O–H groups in total. The fraction of sp³-hybridized carbons (Fsp3) is 0.409. The fourth-order valence-corrected chi connectivity index (χ4v) is 4.05. The second-order valence-corrected chi connectivity index (χ2v) is 8.91. The molecule has 2 rings (SSSR count). The van der Waals surface area contributed by atoms with Crippen molar-refractivity contribution in [1.29, 1.82) is 0 Å². The molecule has 0 fully saturated rings. The first-order valence-electron chi connectivity index (χ1n) is 9.80. The molecule has 30 heavy (non-hydrogen) atoms.